The Labute approximate surface area is 301 Å². The minimum Gasteiger partial charge on any atom is -0.490 e. The number of benzene rings is 2. The molecule has 0 atom stereocenters. The lowest BCUT2D eigenvalue weighted by Crippen LogP contribution is -2.11. The zero-order valence-electron chi connectivity index (χ0n) is 29.5. The highest BCUT2D eigenvalue weighted by molar-refractivity contribution is 5.92. The quantitative estimate of drug-likeness (QED) is 0.0363. The molecule has 12 heteroatoms. The number of nitrogens with zero attached hydrogens (tertiary/aromatic N) is 2. The fourth-order valence-electron chi connectivity index (χ4n) is 5.19. The summed E-state index contributed by atoms with van der Waals surface area (Å²) in [6.07, 6.45) is 14.6. The van der Waals surface area contributed by atoms with E-state index in [1.807, 2.05) is 0 Å². The van der Waals surface area contributed by atoms with E-state index in [-0.39, 0.29) is 35.8 Å². The van der Waals surface area contributed by atoms with Crippen molar-refractivity contribution in [3.63, 3.8) is 0 Å². The molecule has 0 amide bonds. The third-order valence-electron chi connectivity index (χ3n) is 8.20. The Hall–Kier alpha value is -5.00. The third kappa shape index (κ3) is 11.5. The standard InChI is InChI=1S/C40H44F4N2O6/c1-3-5-7-9-11-13-23-49-31-19-21-33(37(43)35(31)41)51-39(47)27-15-17-29(45-25-27)30-18-16-28(26-46-30)40(48)52-34-22-20-32(36(42)38(34)44)50-24-14-12-10-8-6-4-2/h15-22,25-26H,3-14,23-24H2,1-2H3. The van der Waals surface area contributed by atoms with Gasteiger partial charge in [-0.15, -0.1) is 0 Å². The van der Waals surface area contributed by atoms with Crippen LogP contribution in [0.4, 0.5) is 17.6 Å². The lowest BCUT2D eigenvalue weighted by Gasteiger charge is -2.11. The maximum Gasteiger partial charge on any atom is 0.345 e. The van der Waals surface area contributed by atoms with Crippen LogP contribution in [-0.2, 0) is 0 Å². The summed E-state index contributed by atoms with van der Waals surface area (Å²) in [5, 5.41) is 0. The molecule has 0 bridgehead atoms. The lowest BCUT2D eigenvalue weighted by molar-refractivity contribution is 0.0716. The second-order valence-corrected chi connectivity index (χ2v) is 12.3. The van der Waals surface area contributed by atoms with E-state index in [1.165, 1.54) is 48.8 Å². The number of carbonyl (C=O) groups excluding carboxylic acids is 2. The number of esters is 2. The smallest absolute Gasteiger partial charge is 0.345 e. The van der Waals surface area contributed by atoms with Gasteiger partial charge in [0.15, 0.2) is 23.0 Å². The van der Waals surface area contributed by atoms with Crippen molar-refractivity contribution in [1.29, 1.82) is 0 Å². The van der Waals surface area contributed by atoms with Gasteiger partial charge in [-0.25, -0.2) is 9.59 Å². The maximum absolute atomic E-state index is 14.7. The van der Waals surface area contributed by atoms with E-state index in [0.717, 1.165) is 76.3 Å². The zero-order chi connectivity index (χ0) is 37.3. The van der Waals surface area contributed by atoms with Crippen LogP contribution in [0.3, 0.4) is 0 Å². The third-order valence-corrected chi connectivity index (χ3v) is 8.20. The Morgan fingerprint density at radius 2 is 0.827 bits per heavy atom. The van der Waals surface area contributed by atoms with Crippen LogP contribution < -0.4 is 18.9 Å². The Kier molecular flexibility index (Phi) is 15.9. The molecule has 8 nitrogen and oxygen atoms in total. The molecule has 52 heavy (non-hydrogen) atoms. The van der Waals surface area contributed by atoms with Crippen molar-refractivity contribution in [1.82, 2.24) is 9.97 Å². The van der Waals surface area contributed by atoms with Gasteiger partial charge in [0.25, 0.3) is 0 Å². The molecule has 0 aliphatic heterocycles. The van der Waals surface area contributed by atoms with Crippen molar-refractivity contribution >= 4 is 11.9 Å². The van der Waals surface area contributed by atoms with E-state index in [2.05, 4.69) is 23.8 Å². The molecular formula is C40H44F4N2O6. The van der Waals surface area contributed by atoms with Crippen LogP contribution in [0, 0.1) is 23.3 Å². The van der Waals surface area contributed by atoms with Gasteiger partial charge in [0, 0.05) is 12.4 Å². The van der Waals surface area contributed by atoms with Crippen LogP contribution in [0.2, 0.25) is 0 Å². The van der Waals surface area contributed by atoms with E-state index in [1.54, 1.807) is 0 Å². The molecule has 2 heterocycles. The summed E-state index contributed by atoms with van der Waals surface area (Å²) in [5.41, 5.74) is 0.538. The van der Waals surface area contributed by atoms with E-state index in [9.17, 15) is 27.2 Å². The van der Waals surface area contributed by atoms with Crippen LogP contribution in [0.5, 0.6) is 23.0 Å². The van der Waals surface area contributed by atoms with Crippen molar-refractivity contribution in [3.8, 4) is 34.4 Å². The summed E-state index contributed by atoms with van der Waals surface area (Å²) in [6.45, 7) is 4.74. The zero-order valence-corrected chi connectivity index (χ0v) is 29.5. The van der Waals surface area contributed by atoms with Gasteiger partial charge in [-0.05, 0) is 61.4 Å². The molecule has 2 aromatic carbocycles. The maximum atomic E-state index is 14.7. The first kappa shape index (κ1) is 39.8. The summed E-state index contributed by atoms with van der Waals surface area (Å²) in [5.74, 6) is -8.85. The van der Waals surface area contributed by atoms with Gasteiger partial charge in [-0.1, -0.05) is 78.1 Å². The first-order valence-corrected chi connectivity index (χ1v) is 17.8. The molecule has 0 N–H and O–H groups in total. The van der Waals surface area contributed by atoms with Gasteiger partial charge in [0.2, 0.25) is 23.3 Å². The van der Waals surface area contributed by atoms with Crippen molar-refractivity contribution in [3.05, 3.63) is 95.3 Å². The van der Waals surface area contributed by atoms with Gasteiger partial charge >= 0.3 is 11.9 Å². The molecule has 0 spiro atoms. The number of rotatable bonds is 21. The van der Waals surface area contributed by atoms with Crippen molar-refractivity contribution in [2.75, 3.05) is 13.2 Å². The topological polar surface area (TPSA) is 96.8 Å². The van der Waals surface area contributed by atoms with Gasteiger partial charge < -0.3 is 18.9 Å². The summed E-state index contributed by atoms with van der Waals surface area (Å²) >= 11 is 0. The van der Waals surface area contributed by atoms with E-state index >= 15 is 0 Å². The predicted octanol–water partition coefficient (Wildman–Crippen LogP) is 10.6. The molecule has 4 rings (SSSR count). The summed E-state index contributed by atoms with van der Waals surface area (Å²) in [4.78, 5) is 33.7. The number of aromatic nitrogens is 2. The first-order chi connectivity index (χ1) is 25.2. The van der Waals surface area contributed by atoms with Gasteiger partial charge in [0.05, 0.1) is 35.7 Å². The minimum absolute atomic E-state index is 0.0414. The molecular weight excluding hydrogens is 680 g/mol. The molecule has 0 saturated carbocycles. The fraction of sp³-hybridized carbons (Fsp3) is 0.400. The molecule has 0 fully saturated rings. The number of hydrogen-bond donors (Lipinski definition) is 0. The first-order valence-electron chi connectivity index (χ1n) is 17.8. The second-order valence-electron chi connectivity index (χ2n) is 12.3. The van der Waals surface area contributed by atoms with Crippen LogP contribution in [-0.4, -0.2) is 35.1 Å². The van der Waals surface area contributed by atoms with Crippen LogP contribution in [0.1, 0.15) is 112 Å². The second kappa shape index (κ2) is 20.8. The highest BCUT2D eigenvalue weighted by Gasteiger charge is 2.21. The van der Waals surface area contributed by atoms with Crippen LogP contribution in [0.25, 0.3) is 11.4 Å². The van der Waals surface area contributed by atoms with E-state index < -0.39 is 46.7 Å². The van der Waals surface area contributed by atoms with Crippen LogP contribution >= 0.6 is 0 Å². The van der Waals surface area contributed by atoms with Crippen molar-refractivity contribution in [2.45, 2.75) is 90.9 Å². The number of pyridine rings is 2. The largest absolute Gasteiger partial charge is 0.490 e. The molecule has 278 valence electrons. The summed E-state index contributed by atoms with van der Waals surface area (Å²) in [7, 11) is 0. The average Bonchev–Trinajstić information content (AvgIpc) is 3.16. The number of halogens is 4. The number of ether oxygens (including phenoxy) is 4. The predicted molar refractivity (Wildman–Crippen MR) is 188 cm³/mol. The van der Waals surface area contributed by atoms with Gasteiger partial charge in [0.1, 0.15) is 0 Å². The van der Waals surface area contributed by atoms with Crippen molar-refractivity contribution < 1.29 is 46.1 Å². The molecule has 0 radical (unpaired) electrons. The highest BCUT2D eigenvalue weighted by Crippen LogP contribution is 2.30. The minimum atomic E-state index is -1.35. The fourth-order valence-corrected chi connectivity index (χ4v) is 5.19. The van der Waals surface area contributed by atoms with E-state index in [0.29, 0.717) is 24.2 Å². The number of carbonyl (C=O) groups is 2. The molecule has 0 aliphatic rings. The average molecular weight is 725 g/mol. The Bertz CT molecular complexity index is 1620. The lowest BCUT2D eigenvalue weighted by atomic mass is 10.1. The van der Waals surface area contributed by atoms with Crippen LogP contribution in [0.15, 0.2) is 60.9 Å². The van der Waals surface area contributed by atoms with Gasteiger partial charge in [-0.3, -0.25) is 9.97 Å². The summed E-state index contributed by atoms with van der Waals surface area (Å²) in [6, 6.07) is 10.3. The summed E-state index contributed by atoms with van der Waals surface area (Å²) < 4.78 is 79.4. The molecule has 2 aromatic heterocycles. The Balaban J connectivity index is 1.28. The number of hydrogen-bond acceptors (Lipinski definition) is 8. The SMILES string of the molecule is CCCCCCCCOc1ccc(OC(=O)c2ccc(-c3ccc(C(=O)Oc4ccc(OCCCCCCCC)c(F)c4F)cn3)nc2)c(F)c1F. The Morgan fingerprint density at radius 1 is 0.481 bits per heavy atom. The molecule has 0 saturated heterocycles. The molecule has 0 aliphatic carbocycles. The molecule has 4 aromatic rings. The Morgan fingerprint density at radius 3 is 1.19 bits per heavy atom. The normalized spacial score (nSPS) is 11.0. The highest BCUT2D eigenvalue weighted by atomic mass is 19.2. The number of unbranched alkanes of at least 4 members (excludes halogenated alkanes) is 10. The van der Waals surface area contributed by atoms with Crippen molar-refractivity contribution in [2.24, 2.45) is 0 Å². The monoisotopic (exact) mass is 724 g/mol. The molecule has 0 unspecified atom stereocenters. The van der Waals surface area contributed by atoms with E-state index in [4.69, 9.17) is 18.9 Å². The van der Waals surface area contributed by atoms with Gasteiger partial charge in [-0.2, -0.15) is 17.6 Å².